The molecule has 0 saturated heterocycles. The van der Waals surface area contributed by atoms with Crippen LogP contribution in [0.4, 0.5) is 0 Å². The second kappa shape index (κ2) is 6.39. The lowest BCUT2D eigenvalue weighted by molar-refractivity contribution is 0.0598. The number of esters is 1. The summed E-state index contributed by atoms with van der Waals surface area (Å²) in [5.74, 6) is -0.319. The van der Waals surface area contributed by atoms with E-state index in [9.17, 15) is 4.79 Å². The van der Waals surface area contributed by atoms with Gasteiger partial charge in [0.15, 0.2) is 0 Å². The van der Waals surface area contributed by atoms with Crippen molar-refractivity contribution in [3.8, 4) is 0 Å². The highest BCUT2D eigenvalue weighted by atomic mass is 16.5. The molecular weight excluding hydrogens is 218 g/mol. The molecule has 96 valence electrons. The van der Waals surface area contributed by atoms with Crippen LogP contribution in [0.15, 0.2) is 6.20 Å². The van der Waals surface area contributed by atoms with Gasteiger partial charge in [0, 0.05) is 13.6 Å². The molecule has 0 fully saturated rings. The molecule has 1 heterocycles. The van der Waals surface area contributed by atoms with Crippen molar-refractivity contribution in [2.75, 3.05) is 20.2 Å². The molecule has 1 rings (SSSR count). The van der Waals surface area contributed by atoms with Crippen LogP contribution in [0, 0.1) is 0 Å². The van der Waals surface area contributed by atoms with Crippen molar-refractivity contribution in [3.05, 3.63) is 17.5 Å². The van der Waals surface area contributed by atoms with Gasteiger partial charge in [-0.3, -0.25) is 9.58 Å². The van der Waals surface area contributed by atoms with Crippen molar-refractivity contribution < 1.29 is 9.53 Å². The Balaban J connectivity index is 2.88. The van der Waals surface area contributed by atoms with Gasteiger partial charge >= 0.3 is 5.97 Å². The highest BCUT2D eigenvalue weighted by molar-refractivity contribution is 5.90. The number of carbonyl (C=O) groups excluding carboxylic acids is 1. The lowest BCUT2D eigenvalue weighted by atomic mass is 10.2. The monoisotopic (exact) mass is 239 g/mol. The Bertz CT molecular complexity index is 374. The van der Waals surface area contributed by atoms with Gasteiger partial charge in [0.2, 0.25) is 0 Å². The molecule has 0 aliphatic carbocycles. The van der Waals surface area contributed by atoms with E-state index in [0.29, 0.717) is 5.56 Å². The molecule has 0 bridgehead atoms. The summed E-state index contributed by atoms with van der Waals surface area (Å²) in [6.07, 6.45) is 2.67. The maximum atomic E-state index is 11.6. The molecule has 0 aliphatic heterocycles. The summed E-state index contributed by atoms with van der Waals surface area (Å²) < 4.78 is 6.50. The van der Waals surface area contributed by atoms with E-state index in [1.165, 1.54) is 7.11 Å². The zero-order valence-electron chi connectivity index (χ0n) is 11.1. The van der Waals surface area contributed by atoms with Crippen molar-refractivity contribution in [1.29, 1.82) is 0 Å². The largest absolute Gasteiger partial charge is 0.465 e. The number of methoxy groups -OCH3 is 1. The summed E-state index contributed by atoms with van der Waals surface area (Å²) in [7, 11) is 3.24. The van der Waals surface area contributed by atoms with Crippen molar-refractivity contribution in [2.24, 2.45) is 7.05 Å². The van der Waals surface area contributed by atoms with Gasteiger partial charge in [0.1, 0.15) is 5.56 Å². The van der Waals surface area contributed by atoms with Crippen molar-refractivity contribution in [1.82, 2.24) is 14.7 Å². The Morgan fingerprint density at radius 1 is 1.53 bits per heavy atom. The Labute approximate surface area is 102 Å². The summed E-state index contributed by atoms with van der Waals surface area (Å²) in [4.78, 5) is 13.9. The molecule has 5 nitrogen and oxygen atoms in total. The van der Waals surface area contributed by atoms with Gasteiger partial charge in [-0.2, -0.15) is 5.10 Å². The summed E-state index contributed by atoms with van der Waals surface area (Å²) >= 11 is 0. The van der Waals surface area contributed by atoms with E-state index in [-0.39, 0.29) is 5.97 Å². The van der Waals surface area contributed by atoms with Gasteiger partial charge in [-0.1, -0.05) is 13.8 Å². The van der Waals surface area contributed by atoms with Crippen molar-refractivity contribution in [3.63, 3.8) is 0 Å². The van der Waals surface area contributed by atoms with Crippen LogP contribution >= 0.6 is 0 Å². The second-order valence-electron chi connectivity index (χ2n) is 3.99. The van der Waals surface area contributed by atoms with Gasteiger partial charge in [0.25, 0.3) is 0 Å². The van der Waals surface area contributed by atoms with Crippen LogP contribution in [0.2, 0.25) is 0 Å². The Kier molecular flexibility index (Phi) is 5.15. The zero-order chi connectivity index (χ0) is 12.8. The molecule has 0 radical (unpaired) electrons. The Morgan fingerprint density at radius 3 is 2.76 bits per heavy atom. The van der Waals surface area contributed by atoms with E-state index in [0.717, 1.165) is 31.7 Å². The molecule has 0 unspecified atom stereocenters. The average molecular weight is 239 g/mol. The minimum Gasteiger partial charge on any atom is -0.465 e. The van der Waals surface area contributed by atoms with Gasteiger partial charge in [-0.25, -0.2) is 4.79 Å². The minimum absolute atomic E-state index is 0.319. The number of rotatable bonds is 6. The smallest absolute Gasteiger partial charge is 0.341 e. The second-order valence-corrected chi connectivity index (χ2v) is 3.99. The zero-order valence-corrected chi connectivity index (χ0v) is 11.1. The van der Waals surface area contributed by atoms with Crippen molar-refractivity contribution in [2.45, 2.75) is 26.8 Å². The van der Waals surface area contributed by atoms with E-state index in [2.05, 4.69) is 23.8 Å². The number of carbonyl (C=O) groups is 1. The first-order valence-electron chi connectivity index (χ1n) is 5.95. The van der Waals surface area contributed by atoms with E-state index in [4.69, 9.17) is 4.74 Å². The normalized spacial score (nSPS) is 10.9. The van der Waals surface area contributed by atoms with Crippen LogP contribution in [0.1, 0.15) is 36.3 Å². The molecule has 0 aliphatic rings. The fourth-order valence-corrected chi connectivity index (χ4v) is 1.81. The molecule has 5 heteroatoms. The van der Waals surface area contributed by atoms with Crippen molar-refractivity contribution >= 4 is 5.97 Å². The highest BCUT2D eigenvalue weighted by Gasteiger charge is 2.18. The standard InChI is InChI=1S/C12H21N3O2/c1-5-7-15(6-2)9-11-10(12(16)17-4)8-13-14(11)3/h8H,5-7,9H2,1-4H3. The van der Waals surface area contributed by atoms with Gasteiger partial charge in [-0.05, 0) is 19.5 Å². The predicted octanol–water partition coefficient (Wildman–Crippen LogP) is 1.44. The first kappa shape index (κ1) is 13.7. The summed E-state index contributed by atoms with van der Waals surface area (Å²) in [5, 5.41) is 4.12. The number of hydrogen-bond acceptors (Lipinski definition) is 4. The Morgan fingerprint density at radius 2 is 2.24 bits per heavy atom. The molecule has 0 N–H and O–H groups in total. The van der Waals surface area contributed by atoms with Crippen LogP contribution in [-0.2, 0) is 18.3 Å². The van der Waals surface area contributed by atoms with Crippen LogP contribution in [0.3, 0.4) is 0 Å². The highest BCUT2D eigenvalue weighted by Crippen LogP contribution is 2.12. The van der Waals surface area contributed by atoms with Gasteiger partial charge < -0.3 is 4.74 Å². The van der Waals surface area contributed by atoms with E-state index < -0.39 is 0 Å². The topological polar surface area (TPSA) is 47.4 Å². The first-order chi connectivity index (χ1) is 8.13. The summed E-state index contributed by atoms with van der Waals surface area (Å²) in [6.45, 7) is 6.96. The van der Waals surface area contributed by atoms with Gasteiger partial charge in [0.05, 0.1) is 19.0 Å². The number of nitrogens with zero attached hydrogens (tertiary/aromatic N) is 3. The third kappa shape index (κ3) is 3.30. The number of aromatic nitrogens is 2. The number of aryl methyl sites for hydroxylation is 1. The molecule has 17 heavy (non-hydrogen) atoms. The average Bonchev–Trinajstić information content (AvgIpc) is 2.69. The fraction of sp³-hybridized carbons (Fsp3) is 0.667. The molecular formula is C12H21N3O2. The Hall–Kier alpha value is -1.36. The van der Waals surface area contributed by atoms with Crippen LogP contribution in [0.5, 0.6) is 0 Å². The molecule has 0 amide bonds. The van der Waals surface area contributed by atoms with Crippen LogP contribution in [-0.4, -0.2) is 40.8 Å². The maximum absolute atomic E-state index is 11.6. The molecule has 0 saturated carbocycles. The van der Waals surface area contributed by atoms with E-state index in [1.54, 1.807) is 10.9 Å². The number of ether oxygens (including phenoxy) is 1. The van der Waals surface area contributed by atoms with Crippen LogP contribution < -0.4 is 0 Å². The van der Waals surface area contributed by atoms with E-state index >= 15 is 0 Å². The maximum Gasteiger partial charge on any atom is 0.341 e. The molecule has 0 atom stereocenters. The lowest BCUT2D eigenvalue weighted by Gasteiger charge is -2.20. The third-order valence-corrected chi connectivity index (χ3v) is 2.83. The van der Waals surface area contributed by atoms with Crippen LogP contribution in [0.25, 0.3) is 0 Å². The number of hydrogen-bond donors (Lipinski definition) is 0. The molecule has 1 aromatic heterocycles. The lowest BCUT2D eigenvalue weighted by Crippen LogP contribution is -2.26. The molecule has 0 spiro atoms. The predicted molar refractivity (Wildman–Crippen MR) is 65.8 cm³/mol. The molecule has 0 aromatic carbocycles. The van der Waals surface area contributed by atoms with E-state index in [1.807, 2.05) is 7.05 Å². The SMILES string of the molecule is CCCN(CC)Cc1c(C(=O)OC)cnn1C. The first-order valence-corrected chi connectivity index (χ1v) is 5.95. The molecule has 1 aromatic rings. The minimum atomic E-state index is -0.319. The summed E-state index contributed by atoms with van der Waals surface area (Å²) in [6, 6.07) is 0. The summed E-state index contributed by atoms with van der Waals surface area (Å²) in [5.41, 5.74) is 1.47. The fourth-order valence-electron chi connectivity index (χ4n) is 1.81. The quantitative estimate of drug-likeness (QED) is 0.705. The third-order valence-electron chi connectivity index (χ3n) is 2.83. The van der Waals surface area contributed by atoms with Gasteiger partial charge in [-0.15, -0.1) is 0 Å².